The maximum atomic E-state index is 13.2. The fourth-order valence-corrected chi connectivity index (χ4v) is 6.02. The Labute approximate surface area is 198 Å². The van der Waals surface area contributed by atoms with Crippen molar-refractivity contribution in [3.8, 4) is 11.1 Å². The predicted octanol–water partition coefficient (Wildman–Crippen LogP) is 5.59. The second-order valence-electron chi connectivity index (χ2n) is 8.92. The van der Waals surface area contributed by atoms with Gasteiger partial charge in [-0.15, -0.1) is 0 Å². The van der Waals surface area contributed by atoms with Gasteiger partial charge in [-0.1, -0.05) is 73.7 Å². The molecule has 0 aromatic heterocycles. The number of benzene rings is 3. The van der Waals surface area contributed by atoms with Crippen molar-refractivity contribution in [3.05, 3.63) is 90.0 Å². The zero-order valence-corrected chi connectivity index (χ0v) is 20.5. The van der Waals surface area contributed by atoms with Crippen molar-refractivity contribution in [1.82, 2.24) is 9.21 Å². The molecule has 0 saturated carbocycles. The molecule has 33 heavy (non-hydrogen) atoms. The average molecular weight is 463 g/mol. The average Bonchev–Trinajstić information content (AvgIpc) is 3.26. The lowest BCUT2D eigenvalue weighted by molar-refractivity contribution is 0.272. The summed E-state index contributed by atoms with van der Waals surface area (Å²) in [5.74, 6) is 0. The van der Waals surface area contributed by atoms with E-state index in [0.29, 0.717) is 24.0 Å². The third-order valence-electron chi connectivity index (χ3n) is 6.71. The summed E-state index contributed by atoms with van der Waals surface area (Å²) in [7, 11) is -3.55. The summed E-state index contributed by atoms with van der Waals surface area (Å²) in [4.78, 5) is 2.91. The summed E-state index contributed by atoms with van der Waals surface area (Å²) in [6.45, 7) is 7.33. The Balaban J connectivity index is 1.42. The molecule has 3 aromatic rings. The van der Waals surface area contributed by atoms with E-state index < -0.39 is 10.0 Å². The molecule has 174 valence electrons. The van der Waals surface area contributed by atoms with Crippen LogP contribution in [0.15, 0.2) is 83.8 Å². The van der Waals surface area contributed by atoms with Crippen LogP contribution in [0.5, 0.6) is 0 Å². The first-order valence-electron chi connectivity index (χ1n) is 11.9. The van der Waals surface area contributed by atoms with Crippen LogP contribution in [-0.4, -0.2) is 43.3 Å². The number of hydrogen-bond donors (Lipinski definition) is 0. The first kappa shape index (κ1) is 23.7. The van der Waals surface area contributed by atoms with Gasteiger partial charge in [0.2, 0.25) is 10.0 Å². The lowest BCUT2D eigenvalue weighted by Gasteiger charge is -2.21. The van der Waals surface area contributed by atoms with E-state index in [-0.39, 0.29) is 0 Å². The number of rotatable bonds is 9. The lowest BCUT2D eigenvalue weighted by atomic mass is 10.0. The molecule has 4 rings (SSSR count). The zero-order valence-electron chi connectivity index (χ0n) is 19.7. The van der Waals surface area contributed by atoms with Gasteiger partial charge in [0.05, 0.1) is 4.90 Å². The van der Waals surface area contributed by atoms with Crippen LogP contribution in [-0.2, 0) is 23.0 Å². The Morgan fingerprint density at radius 3 is 2.09 bits per heavy atom. The maximum Gasteiger partial charge on any atom is 0.243 e. The van der Waals surface area contributed by atoms with E-state index in [0.717, 1.165) is 29.7 Å². The summed E-state index contributed by atoms with van der Waals surface area (Å²) in [5, 5.41) is 0. The van der Waals surface area contributed by atoms with Gasteiger partial charge in [-0.05, 0) is 67.1 Å². The summed E-state index contributed by atoms with van der Waals surface area (Å²) >= 11 is 0. The first-order valence-corrected chi connectivity index (χ1v) is 13.4. The Kier molecular flexibility index (Phi) is 7.63. The van der Waals surface area contributed by atoms with Crippen LogP contribution in [0.3, 0.4) is 0 Å². The summed E-state index contributed by atoms with van der Waals surface area (Å²) in [6, 6.07) is 26.3. The van der Waals surface area contributed by atoms with E-state index >= 15 is 0 Å². The van der Waals surface area contributed by atoms with Crippen molar-refractivity contribution in [2.45, 2.75) is 50.6 Å². The van der Waals surface area contributed by atoms with E-state index in [1.807, 2.05) is 49.4 Å². The smallest absolute Gasteiger partial charge is 0.243 e. The Morgan fingerprint density at radius 2 is 1.52 bits per heavy atom. The third-order valence-corrected chi connectivity index (χ3v) is 8.65. The topological polar surface area (TPSA) is 40.6 Å². The molecule has 0 spiro atoms. The maximum absolute atomic E-state index is 13.2. The SMILES string of the molecule is CCN(Cc1ccccc1)S(=O)(=O)c1ccc(-c2ccc(CCN3CCC[C@H]3C)cc2)cc1. The highest BCUT2D eigenvalue weighted by Crippen LogP contribution is 2.25. The van der Waals surface area contributed by atoms with Crippen LogP contribution in [0.25, 0.3) is 11.1 Å². The molecule has 3 aromatic carbocycles. The highest BCUT2D eigenvalue weighted by atomic mass is 32.2. The summed E-state index contributed by atoms with van der Waals surface area (Å²) in [5.41, 5.74) is 4.46. The van der Waals surface area contributed by atoms with Gasteiger partial charge < -0.3 is 4.90 Å². The molecule has 0 radical (unpaired) electrons. The minimum absolute atomic E-state index is 0.334. The second kappa shape index (κ2) is 10.6. The second-order valence-corrected chi connectivity index (χ2v) is 10.9. The normalized spacial score (nSPS) is 17.0. The fraction of sp³-hybridized carbons (Fsp3) is 0.357. The molecular formula is C28H34N2O2S. The Hall–Kier alpha value is -2.47. The van der Waals surface area contributed by atoms with Crippen molar-refractivity contribution in [3.63, 3.8) is 0 Å². The Bertz CT molecular complexity index is 1130. The Morgan fingerprint density at radius 1 is 0.879 bits per heavy atom. The standard InChI is InChI=1S/C28H34N2O2S/c1-3-30(22-25-9-5-4-6-10-25)33(31,32)28-17-15-27(16-18-28)26-13-11-24(12-14-26)19-21-29-20-7-8-23(29)2/h4-6,9-18,23H,3,7-8,19-22H2,1-2H3/t23-/m1/s1. The van der Waals surface area contributed by atoms with Crippen molar-refractivity contribution in [2.75, 3.05) is 19.6 Å². The molecule has 1 aliphatic heterocycles. The zero-order chi connectivity index (χ0) is 23.3. The lowest BCUT2D eigenvalue weighted by Crippen LogP contribution is -2.30. The van der Waals surface area contributed by atoms with Crippen molar-refractivity contribution in [1.29, 1.82) is 0 Å². The van der Waals surface area contributed by atoms with Gasteiger partial charge in [-0.3, -0.25) is 0 Å². The molecule has 1 saturated heterocycles. The number of sulfonamides is 1. The van der Waals surface area contributed by atoms with E-state index in [2.05, 4.69) is 36.1 Å². The van der Waals surface area contributed by atoms with Crippen LogP contribution in [0.4, 0.5) is 0 Å². The van der Waals surface area contributed by atoms with E-state index in [4.69, 9.17) is 0 Å². The van der Waals surface area contributed by atoms with Gasteiger partial charge in [0.25, 0.3) is 0 Å². The third kappa shape index (κ3) is 5.72. The number of nitrogens with zero attached hydrogens (tertiary/aromatic N) is 2. The van der Waals surface area contributed by atoms with Gasteiger partial charge in [-0.25, -0.2) is 8.42 Å². The number of likely N-dealkylation sites (tertiary alicyclic amines) is 1. The van der Waals surface area contributed by atoms with Crippen molar-refractivity contribution < 1.29 is 8.42 Å². The van der Waals surface area contributed by atoms with E-state index in [1.54, 1.807) is 12.1 Å². The molecule has 0 amide bonds. The van der Waals surface area contributed by atoms with Crippen molar-refractivity contribution in [2.24, 2.45) is 0 Å². The van der Waals surface area contributed by atoms with Gasteiger partial charge in [-0.2, -0.15) is 4.31 Å². The molecule has 0 unspecified atom stereocenters. The number of hydrogen-bond acceptors (Lipinski definition) is 3. The monoisotopic (exact) mass is 462 g/mol. The molecular weight excluding hydrogens is 428 g/mol. The molecule has 0 N–H and O–H groups in total. The summed E-state index contributed by atoms with van der Waals surface area (Å²) < 4.78 is 27.9. The van der Waals surface area contributed by atoms with Crippen LogP contribution in [0.1, 0.15) is 37.8 Å². The fourth-order valence-electron chi connectivity index (χ4n) is 4.58. The van der Waals surface area contributed by atoms with Gasteiger partial charge in [0, 0.05) is 25.7 Å². The molecule has 4 nitrogen and oxygen atoms in total. The molecule has 5 heteroatoms. The molecule has 1 heterocycles. The molecule has 1 aliphatic rings. The highest BCUT2D eigenvalue weighted by Gasteiger charge is 2.23. The van der Waals surface area contributed by atoms with Crippen LogP contribution in [0.2, 0.25) is 0 Å². The van der Waals surface area contributed by atoms with Gasteiger partial charge >= 0.3 is 0 Å². The van der Waals surface area contributed by atoms with Gasteiger partial charge in [0.1, 0.15) is 0 Å². The minimum Gasteiger partial charge on any atom is -0.300 e. The predicted molar refractivity (Wildman–Crippen MR) is 136 cm³/mol. The van der Waals surface area contributed by atoms with Crippen LogP contribution < -0.4 is 0 Å². The minimum atomic E-state index is -3.55. The van der Waals surface area contributed by atoms with E-state index in [1.165, 1.54) is 29.3 Å². The largest absolute Gasteiger partial charge is 0.300 e. The first-order chi connectivity index (χ1) is 16.0. The highest BCUT2D eigenvalue weighted by molar-refractivity contribution is 7.89. The van der Waals surface area contributed by atoms with Crippen LogP contribution in [0, 0.1) is 0 Å². The molecule has 1 atom stereocenters. The van der Waals surface area contributed by atoms with Crippen molar-refractivity contribution >= 4 is 10.0 Å². The molecule has 1 fully saturated rings. The summed E-state index contributed by atoms with van der Waals surface area (Å²) in [6.07, 6.45) is 3.69. The molecule has 0 aliphatic carbocycles. The quantitative estimate of drug-likeness (QED) is 0.416. The van der Waals surface area contributed by atoms with E-state index in [9.17, 15) is 8.42 Å². The van der Waals surface area contributed by atoms with Crippen LogP contribution >= 0.6 is 0 Å². The molecule has 0 bridgehead atoms. The van der Waals surface area contributed by atoms with Gasteiger partial charge in [0.15, 0.2) is 0 Å².